The van der Waals surface area contributed by atoms with Crippen LogP contribution in [-0.4, -0.2) is 22.2 Å². The van der Waals surface area contributed by atoms with E-state index in [0.29, 0.717) is 12.1 Å². The molecular formula is C16H21N3O. The summed E-state index contributed by atoms with van der Waals surface area (Å²) in [6.45, 7) is 8.62. The molecule has 2 rings (SSSR count). The molecule has 1 aromatic carbocycles. The van der Waals surface area contributed by atoms with E-state index in [2.05, 4.69) is 17.3 Å². The molecule has 4 nitrogen and oxygen atoms in total. The summed E-state index contributed by atoms with van der Waals surface area (Å²) in [6.07, 6.45) is 0. The van der Waals surface area contributed by atoms with Gasteiger partial charge in [0.15, 0.2) is 0 Å². The molecule has 1 unspecified atom stereocenters. The van der Waals surface area contributed by atoms with Crippen molar-refractivity contribution in [2.24, 2.45) is 0 Å². The zero-order chi connectivity index (χ0) is 14.7. The van der Waals surface area contributed by atoms with Crippen molar-refractivity contribution < 1.29 is 4.79 Å². The van der Waals surface area contributed by atoms with E-state index in [1.807, 2.05) is 55.8 Å². The molecular weight excluding hydrogens is 250 g/mol. The lowest BCUT2D eigenvalue weighted by Crippen LogP contribution is -2.30. The van der Waals surface area contributed by atoms with E-state index in [0.717, 1.165) is 17.0 Å². The van der Waals surface area contributed by atoms with Gasteiger partial charge in [-0.25, -0.2) is 0 Å². The minimum atomic E-state index is -0.0432. The van der Waals surface area contributed by atoms with Gasteiger partial charge < -0.3 is 5.32 Å². The molecule has 0 aliphatic rings. The standard InChI is InChI=1S/C16H21N3O/c1-11-5-7-15(8-6-11)16(20)17-10-14(4)19-13(3)9-12(2)18-19/h5-9,14H,10H2,1-4H3,(H,17,20). The molecule has 0 aliphatic carbocycles. The van der Waals surface area contributed by atoms with Crippen molar-refractivity contribution in [2.75, 3.05) is 6.54 Å². The number of hydrogen-bond donors (Lipinski definition) is 1. The number of benzene rings is 1. The lowest BCUT2D eigenvalue weighted by atomic mass is 10.1. The van der Waals surface area contributed by atoms with Crippen molar-refractivity contribution in [1.82, 2.24) is 15.1 Å². The molecule has 0 saturated carbocycles. The number of hydrogen-bond acceptors (Lipinski definition) is 2. The van der Waals surface area contributed by atoms with Crippen molar-refractivity contribution >= 4 is 5.91 Å². The second-order valence-electron chi connectivity index (χ2n) is 5.30. The second-order valence-corrected chi connectivity index (χ2v) is 5.30. The molecule has 1 amide bonds. The molecule has 1 N–H and O–H groups in total. The van der Waals surface area contributed by atoms with E-state index < -0.39 is 0 Å². The highest BCUT2D eigenvalue weighted by molar-refractivity contribution is 5.94. The van der Waals surface area contributed by atoms with Crippen molar-refractivity contribution in [3.05, 3.63) is 52.8 Å². The first-order valence-corrected chi connectivity index (χ1v) is 6.85. The third kappa shape index (κ3) is 3.26. The normalized spacial score (nSPS) is 12.2. The van der Waals surface area contributed by atoms with Crippen molar-refractivity contribution in [3.63, 3.8) is 0 Å². The Morgan fingerprint density at radius 2 is 1.90 bits per heavy atom. The number of amides is 1. The van der Waals surface area contributed by atoms with Crippen molar-refractivity contribution in [3.8, 4) is 0 Å². The number of nitrogens with zero attached hydrogens (tertiary/aromatic N) is 2. The quantitative estimate of drug-likeness (QED) is 0.929. The predicted molar refractivity (Wildman–Crippen MR) is 79.9 cm³/mol. The van der Waals surface area contributed by atoms with E-state index in [1.165, 1.54) is 0 Å². The number of carbonyl (C=O) groups excluding carboxylic acids is 1. The Hall–Kier alpha value is -2.10. The molecule has 1 atom stereocenters. The summed E-state index contributed by atoms with van der Waals surface area (Å²) < 4.78 is 1.95. The minimum Gasteiger partial charge on any atom is -0.350 e. The Kier molecular flexibility index (Phi) is 4.23. The van der Waals surface area contributed by atoms with E-state index in [4.69, 9.17) is 0 Å². The van der Waals surface area contributed by atoms with E-state index in [-0.39, 0.29) is 11.9 Å². The fraction of sp³-hybridized carbons (Fsp3) is 0.375. The smallest absolute Gasteiger partial charge is 0.251 e. The van der Waals surface area contributed by atoms with Gasteiger partial charge in [0.05, 0.1) is 11.7 Å². The van der Waals surface area contributed by atoms with Gasteiger partial charge in [-0.1, -0.05) is 17.7 Å². The zero-order valence-corrected chi connectivity index (χ0v) is 12.5. The van der Waals surface area contributed by atoms with Crippen molar-refractivity contribution in [1.29, 1.82) is 0 Å². The van der Waals surface area contributed by atoms with E-state index >= 15 is 0 Å². The van der Waals surface area contributed by atoms with Crippen LogP contribution in [0.1, 0.15) is 40.3 Å². The number of nitrogens with one attached hydrogen (secondary N) is 1. The molecule has 0 aliphatic heterocycles. The van der Waals surface area contributed by atoms with Gasteiger partial charge in [0.2, 0.25) is 0 Å². The van der Waals surface area contributed by atoms with Crippen molar-refractivity contribution in [2.45, 2.75) is 33.7 Å². The summed E-state index contributed by atoms with van der Waals surface area (Å²) in [5.74, 6) is -0.0432. The Morgan fingerprint density at radius 1 is 1.25 bits per heavy atom. The molecule has 0 spiro atoms. The maximum absolute atomic E-state index is 12.0. The maximum Gasteiger partial charge on any atom is 0.251 e. The number of aryl methyl sites for hydroxylation is 3. The van der Waals surface area contributed by atoms with Gasteiger partial charge in [-0.2, -0.15) is 5.10 Å². The van der Waals surface area contributed by atoms with Crippen LogP contribution in [0.3, 0.4) is 0 Å². The SMILES string of the molecule is Cc1ccc(C(=O)NCC(C)n2nc(C)cc2C)cc1. The number of rotatable bonds is 4. The fourth-order valence-corrected chi connectivity index (χ4v) is 2.23. The Balaban J connectivity index is 1.96. The molecule has 0 fully saturated rings. The summed E-state index contributed by atoms with van der Waals surface area (Å²) in [7, 11) is 0. The first kappa shape index (κ1) is 14.3. The molecule has 1 aromatic heterocycles. The topological polar surface area (TPSA) is 46.9 Å². The Labute approximate surface area is 119 Å². The van der Waals surface area contributed by atoms with Crippen LogP contribution in [-0.2, 0) is 0 Å². The molecule has 106 valence electrons. The van der Waals surface area contributed by atoms with Crippen LogP contribution in [0.15, 0.2) is 30.3 Å². The van der Waals surface area contributed by atoms with Gasteiger partial charge in [0, 0.05) is 17.8 Å². The molecule has 20 heavy (non-hydrogen) atoms. The average Bonchev–Trinajstić information content (AvgIpc) is 2.75. The third-order valence-electron chi connectivity index (χ3n) is 3.33. The van der Waals surface area contributed by atoms with Crippen LogP contribution in [0.2, 0.25) is 0 Å². The van der Waals surface area contributed by atoms with E-state index in [1.54, 1.807) is 0 Å². The van der Waals surface area contributed by atoms with Crippen LogP contribution >= 0.6 is 0 Å². The average molecular weight is 271 g/mol. The summed E-state index contributed by atoms with van der Waals surface area (Å²) in [6, 6.07) is 9.76. The first-order chi connectivity index (χ1) is 9.47. The summed E-state index contributed by atoms with van der Waals surface area (Å²) in [4.78, 5) is 12.0. The Morgan fingerprint density at radius 3 is 2.45 bits per heavy atom. The van der Waals surface area contributed by atoms with Gasteiger partial charge >= 0.3 is 0 Å². The van der Waals surface area contributed by atoms with Crippen LogP contribution in [0, 0.1) is 20.8 Å². The van der Waals surface area contributed by atoms with E-state index in [9.17, 15) is 4.79 Å². The van der Waals surface area contributed by atoms with Gasteiger partial charge in [-0.15, -0.1) is 0 Å². The summed E-state index contributed by atoms with van der Waals surface area (Å²) in [5.41, 5.74) is 3.95. The third-order valence-corrected chi connectivity index (χ3v) is 3.33. The number of carbonyl (C=O) groups is 1. The largest absolute Gasteiger partial charge is 0.350 e. The van der Waals surface area contributed by atoms with Crippen LogP contribution < -0.4 is 5.32 Å². The maximum atomic E-state index is 12.0. The molecule has 1 heterocycles. The van der Waals surface area contributed by atoms with Crippen LogP contribution in [0.25, 0.3) is 0 Å². The molecule has 4 heteroatoms. The summed E-state index contributed by atoms with van der Waals surface area (Å²) in [5, 5.41) is 7.39. The molecule has 0 radical (unpaired) electrons. The minimum absolute atomic E-state index is 0.0432. The molecule has 2 aromatic rings. The Bertz CT molecular complexity index is 599. The zero-order valence-electron chi connectivity index (χ0n) is 12.5. The number of aromatic nitrogens is 2. The van der Waals surface area contributed by atoms with Crippen LogP contribution in [0.5, 0.6) is 0 Å². The van der Waals surface area contributed by atoms with Crippen LogP contribution in [0.4, 0.5) is 0 Å². The lowest BCUT2D eigenvalue weighted by molar-refractivity contribution is 0.0947. The predicted octanol–water partition coefficient (Wildman–Crippen LogP) is 2.80. The lowest BCUT2D eigenvalue weighted by Gasteiger charge is -2.15. The highest BCUT2D eigenvalue weighted by Gasteiger charge is 2.11. The van der Waals surface area contributed by atoms with Gasteiger partial charge in [-0.3, -0.25) is 9.48 Å². The van der Waals surface area contributed by atoms with Gasteiger partial charge in [0.1, 0.15) is 0 Å². The molecule has 0 bridgehead atoms. The summed E-state index contributed by atoms with van der Waals surface area (Å²) >= 11 is 0. The van der Waals surface area contributed by atoms with Gasteiger partial charge in [0.25, 0.3) is 5.91 Å². The second kappa shape index (κ2) is 5.90. The highest BCUT2D eigenvalue weighted by Crippen LogP contribution is 2.10. The van der Waals surface area contributed by atoms with Gasteiger partial charge in [-0.05, 0) is 45.9 Å². The first-order valence-electron chi connectivity index (χ1n) is 6.85. The monoisotopic (exact) mass is 271 g/mol. The highest BCUT2D eigenvalue weighted by atomic mass is 16.1. The molecule has 0 saturated heterocycles. The fourth-order valence-electron chi connectivity index (χ4n) is 2.23.